The third kappa shape index (κ3) is 7.40. The van der Waals surface area contributed by atoms with E-state index >= 15 is 0 Å². The summed E-state index contributed by atoms with van der Waals surface area (Å²) in [4.78, 5) is 27.8. The van der Waals surface area contributed by atoms with Gasteiger partial charge in [-0.15, -0.1) is 0 Å². The molecule has 1 N–H and O–H groups in total. The van der Waals surface area contributed by atoms with Crippen LogP contribution in [0.15, 0.2) is 48.5 Å². The number of carbonyl (C=O) groups is 2. The van der Waals surface area contributed by atoms with Crippen molar-refractivity contribution in [2.24, 2.45) is 0 Å². The molecule has 7 heteroatoms. The van der Waals surface area contributed by atoms with Crippen LogP contribution in [0.1, 0.15) is 51.0 Å². The molecule has 0 aromatic heterocycles. The fourth-order valence-corrected chi connectivity index (χ4v) is 4.17. The lowest BCUT2D eigenvalue weighted by atomic mass is 10.1. The summed E-state index contributed by atoms with van der Waals surface area (Å²) in [5.74, 6) is 2.04. The van der Waals surface area contributed by atoms with Crippen molar-refractivity contribution >= 4 is 11.8 Å². The van der Waals surface area contributed by atoms with E-state index < -0.39 is 6.04 Å². The van der Waals surface area contributed by atoms with Crippen molar-refractivity contribution in [3.05, 3.63) is 54.1 Å². The zero-order valence-electron chi connectivity index (χ0n) is 20.4. The lowest BCUT2D eigenvalue weighted by Gasteiger charge is -2.30. The molecular weight excluding hydrogens is 432 g/mol. The van der Waals surface area contributed by atoms with Gasteiger partial charge < -0.3 is 24.4 Å². The highest BCUT2D eigenvalue weighted by atomic mass is 16.5. The van der Waals surface area contributed by atoms with Gasteiger partial charge in [-0.25, -0.2) is 0 Å². The van der Waals surface area contributed by atoms with E-state index in [0.717, 1.165) is 48.5 Å². The molecule has 0 bridgehead atoms. The number of methoxy groups -OCH3 is 2. The minimum atomic E-state index is -0.568. The maximum atomic E-state index is 13.2. The molecule has 0 spiro atoms. The predicted molar refractivity (Wildman–Crippen MR) is 131 cm³/mol. The average Bonchev–Trinajstić information content (AvgIpc) is 3.38. The normalized spacial score (nSPS) is 14.3. The van der Waals surface area contributed by atoms with Crippen molar-refractivity contribution in [3.8, 4) is 17.2 Å². The summed E-state index contributed by atoms with van der Waals surface area (Å²) in [5, 5.41) is 3.13. The highest BCUT2D eigenvalue weighted by Crippen LogP contribution is 2.21. The molecule has 1 aliphatic rings. The van der Waals surface area contributed by atoms with Gasteiger partial charge in [0.1, 0.15) is 23.3 Å². The highest BCUT2D eigenvalue weighted by Gasteiger charge is 2.28. The smallest absolute Gasteiger partial charge is 0.242 e. The Morgan fingerprint density at radius 1 is 1.00 bits per heavy atom. The molecule has 1 aliphatic carbocycles. The SMILES string of the molecule is COc1ccc(OCCCC(=O)N(Cc2cccc(OC)c2)[C@@H](C)C(=O)NC2CCCC2)cc1. The largest absolute Gasteiger partial charge is 0.497 e. The molecule has 2 amide bonds. The van der Waals surface area contributed by atoms with Crippen LogP contribution in [0.25, 0.3) is 0 Å². The maximum Gasteiger partial charge on any atom is 0.242 e. The molecule has 2 aromatic carbocycles. The third-order valence-corrected chi connectivity index (χ3v) is 6.22. The lowest BCUT2D eigenvalue weighted by molar-refractivity contribution is -0.141. The first-order chi connectivity index (χ1) is 16.5. The van der Waals surface area contributed by atoms with Crippen molar-refractivity contribution in [2.75, 3.05) is 20.8 Å². The number of ether oxygens (including phenoxy) is 3. The lowest BCUT2D eigenvalue weighted by Crippen LogP contribution is -2.49. The Labute approximate surface area is 202 Å². The van der Waals surface area contributed by atoms with Gasteiger partial charge in [-0.2, -0.15) is 0 Å². The molecule has 184 valence electrons. The molecule has 1 saturated carbocycles. The molecule has 7 nitrogen and oxygen atoms in total. The average molecular weight is 469 g/mol. The van der Waals surface area contributed by atoms with Gasteiger partial charge in [-0.1, -0.05) is 25.0 Å². The van der Waals surface area contributed by atoms with Crippen molar-refractivity contribution in [1.82, 2.24) is 10.2 Å². The molecule has 1 fully saturated rings. The van der Waals surface area contributed by atoms with Crippen LogP contribution < -0.4 is 19.5 Å². The zero-order chi connectivity index (χ0) is 24.3. The summed E-state index contributed by atoms with van der Waals surface area (Å²) < 4.78 is 16.2. The Bertz CT molecular complexity index is 925. The van der Waals surface area contributed by atoms with Gasteiger partial charge in [0.2, 0.25) is 11.8 Å². The Morgan fingerprint density at radius 3 is 2.35 bits per heavy atom. The molecule has 0 aliphatic heterocycles. The molecular formula is C27H36N2O5. The van der Waals surface area contributed by atoms with E-state index in [0.29, 0.717) is 26.0 Å². The van der Waals surface area contributed by atoms with Crippen molar-refractivity contribution in [2.45, 2.75) is 64.1 Å². The minimum absolute atomic E-state index is 0.0739. The number of rotatable bonds is 12. The summed E-state index contributed by atoms with van der Waals surface area (Å²) >= 11 is 0. The van der Waals surface area contributed by atoms with Crippen molar-refractivity contribution in [3.63, 3.8) is 0 Å². The molecule has 2 aromatic rings. The second kappa shape index (κ2) is 12.9. The van der Waals surface area contributed by atoms with Crippen molar-refractivity contribution < 1.29 is 23.8 Å². The van der Waals surface area contributed by atoms with Gasteiger partial charge in [0.05, 0.1) is 20.8 Å². The van der Waals surface area contributed by atoms with Crippen LogP contribution >= 0.6 is 0 Å². The maximum absolute atomic E-state index is 13.2. The Hall–Kier alpha value is -3.22. The number of hydrogen-bond acceptors (Lipinski definition) is 5. The van der Waals surface area contributed by atoms with Gasteiger partial charge >= 0.3 is 0 Å². The molecule has 0 unspecified atom stereocenters. The van der Waals surface area contributed by atoms with E-state index in [1.807, 2.05) is 48.5 Å². The van der Waals surface area contributed by atoms with E-state index in [-0.39, 0.29) is 17.9 Å². The highest BCUT2D eigenvalue weighted by molar-refractivity contribution is 5.87. The summed E-state index contributed by atoms with van der Waals surface area (Å²) in [6, 6.07) is 14.6. The monoisotopic (exact) mass is 468 g/mol. The summed E-state index contributed by atoms with van der Waals surface area (Å²) in [7, 11) is 3.23. The molecule has 34 heavy (non-hydrogen) atoms. The van der Waals surface area contributed by atoms with E-state index in [1.54, 1.807) is 26.0 Å². The van der Waals surface area contributed by atoms with Gasteiger partial charge in [0.15, 0.2) is 0 Å². The van der Waals surface area contributed by atoms with Crippen LogP contribution in [-0.2, 0) is 16.1 Å². The summed E-state index contributed by atoms with van der Waals surface area (Å²) in [6.45, 7) is 2.55. The first-order valence-corrected chi connectivity index (χ1v) is 12.0. The Balaban J connectivity index is 1.60. The zero-order valence-corrected chi connectivity index (χ0v) is 20.4. The quantitative estimate of drug-likeness (QED) is 0.469. The predicted octanol–water partition coefficient (Wildman–Crippen LogP) is 4.34. The second-order valence-corrected chi connectivity index (χ2v) is 8.67. The van der Waals surface area contributed by atoms with E-state index in [9.17, 15) is 9.59 Å². The van der Waals surface area contributed by atoms with Crippen LogP contribution in [0.4, 0.5) is 0 Å². The van der Waals surface area contributed by atoms with Crippen molar-refractivity contribution in [1.29, 1.82) is 0 Å². The second-order valence-electron chi connectivity index (χ2n) is 8.67. The summed E-state index contributed by atoms with van der Waals surface area (Å²) in [6.07, 6.45) is 5.13. The van der Waals surface area contributed by atoms with E-state index in [4.69, 9.17) is 14.2 Å². The Morgan fingerprint density at radius 2 is 1.68 bits per heavy atom. The molecule has 0 saturated heterocycles. The molecule has 1 atom stereocenters. The number of benzene rings is 2. The summed E-state index contributed by atoms with van der Waals surface area (Å²) in [5.41, 5.74) is 0.919. The van der Waals surface area contributed by atoms with Crippen LogP contribution in [0, 0.1) is 0 Å². The van der Waals surface area contributed by atoms with Gasteiger partial charge in [-0.3, -0.25) is 9.59 Å². The fraction of sp³-hybridized carbons (Fsp3) is 0.481. The standard InChI is InChI=1S/C27H36N2O5/c1-20(27(31)28-22-9-4-5-10-22)29(19-21-8-6-11-25(18-21)33-3)26(30)12-7-17-34-24-15-13-23(32-2)14-16-24/h6,8,11,13-16,18,20,22H,4-5,7,9-10,12,17,19H2,1-3H3,(H,28,31)/t20-/m0/s1. The number of nitrogens with one attached hydrogen (secondary N) is 1. The van der Waals surface area contributed by atoms with Gasteiger partial charge in [0, 0.05) is 19.0 Å². The number of amides is 2. The number of nitrogens with zero attached hydrogens (tertiary/aromatic N) is 1. The molecule has 3 rings (SSSR count). The molecule has 0 radical (unpaired) electrons. The molecule has 0 heterocycles. The number of carbonyl (C=O) groups excluding carboxylic acids is 2. The minimum Gasteiger partial charge on any atom is -0.497 e. The first-order valence-electron chi connectivity index (χ1n) is 12.0. The van der Waals surface area contributed by atoms with Crippen LogP contribution in [-0.4, -0.2) is 49.6 Å². The first kappa shape index (κ1) is 25.4. The van der Waals surface area contributed by atoms with Gasteiger partial charge in [0.25, 0.3) is 0 Å². The van der Waals surface area contributed by atoms with E-state index in [1.165, 1.54) is 0 Å². The van der Waals surface area contributed by atoms with Crippen LogP contribution in [0.3, 0.4) is 0 Å². The fourth-order valence-electron chi connectivity index (χ4n) is 4.17. The third-order valence-electron chi connectivity index (χ3n) is 6.22. The van der Waals surface area contributed by atoms with Crippen LogP contribution in [0.2, 0.25) is 0 Å². The van der Waals surface area contributed by atoms with Gasteiger partial charge in [-0.05, 0) is 68.1 Å². The topological polar surface area (TPSA) is 77.1 Å². The number of hydrogen-bond donors (Lipinski definition) is 1. The van der Waals surface area contributed by atoms with Crippen LogP contribution in [0.5, 0.6) is 17.2 Å². The Kier molecular flexibility index (Phi) is 9.62. The van der Waals surface area contributed by atoms with E-state index in [2.05, 4.69) is 5.32 Å².